The van der Waals surface area contributed by atoms with E-state index in [0.717, 1.165) is 28.5 Å². The number of hydrazine groups is 1. The first kappa shape index (κ1) is 34.9. The molecule has 3 aromatic rings. The van der Waals surface area contributed by atoms with E-state index >= 15 is 0 Å². The number of carbonyl (C=O) groups is 1. The number of amidine groups is 1. The van der Waals surface area contributed by atoms with E-state index in [-0.39, 0.29) is 11.9 Å². The van der Waals surface area contributed by atoms with Crippen LogP contribution in [0.4, 0.5) is 0 Å². The van der Waals surface area contributed by atoms with Gasteiger partial charge in [0.15, 0.2) is 5.84 Å². The number of aryl methyl sites for hydroxylation is 1. The average molecular weight is 589 g/mol. The van der Waals surface area contributed by atoms with Gasteiger partial charge in [-0.05, 0) is 43.2 Å². The van der Waals surface area contributed by atoms with E-state index in [0.29, 0.717) is 25.4 Å². The predicted molar refractivity (Wildman–Crippen MR) is 168 cm³/mol. The summed E-state index contributed by atoms with van der Waals surface area (Å²) in [5.74, 6) is 11.3. The number of nitrogens with zero attached hydrogens (tertiary/aromatic N) is 2. The molecule has 3 aromatic carbocycles. The zero-order valence-corrected chi connectivity index (χ0v) is 25.4. The number of hydrogen-bond donors (Lipinski definition) is 3. The number of ether oxygens (including phenoxy) is 1. The van der Waals surface area contributed by atoms with E-state index in [9.17, 15) is 4.79 Å². The van der Waals surface area contributed by atoms with Crippen LogP contribution in [0.5, 0.6) is 0 Å². The Morgan fingerprint density at radius 1 is 1.00 bits per heavy atom. The molecule has 1 saturated heterocycles. The second kappa shape index (κ2) is 20.8. The van der Waals surface area contributed by atoms with Crippen molar-refractivity contribution in [1.29, 1.82) is 0 Å². The van der Waals surface area contributed by atoms with Gasteiger partial charge >= 0.3 is 0 Å². The maximum Gasteiger partial charge on any atom is 0.252 e. The van der Waals surface area contributed by atoms with Crippen molar-refractivity contribution in [3.05, 3.63) is 106 Å². The van der Waals surface area contributed by atoms with E-state index in [1.165, 1.54) is 5.56 Å². The summed E-state index contributed by atoms with van der Waals surface area (Å²) < 4.78 is 5.72. The number of nitrogens with one attached hydrogen (secondary N) is 1. The van der Waals surface area contributed by atoms with Gasteiger partial charge in [0.1, 0.15) is 6.10 Å². The van der Waals surface area contributed by atoms with E-state index in [1.54, 1.807) is 4.90 Å². The topological polar surface area (TPSA) is 106 Å². The molecule has 0 spiro atoms. The maximum atomic E-state index is 12.9. The van der Waals surface area contributed by atoms with Crippen molar-refractivity contribution >= 4 is 34.9 Å². The Morgan fingerprint density at radius 3 is 1.93 bits per heavy atom. The number of morpholine rings is 1. The van der Waals surface area contributed by atoms with Crippen LogP contribution in [0.2, 0.25) is 10.0 Å². The number of hydrazone groups is 1. The number of amides is 1. The van der Waals surface area contributed by atoms with Crippen molar-refractivity contribution in [2.75, 3.05) is 13.2 Å². The molecule has 1 aliphatic heterocycles. The Balaban J connectivity index is 0.000000403. The molecule has 2 unspecified atom stereocenters. The molecule has 2 atom stereocenters. The lowest BCUT2D eigenvalue weighted by molar-refractivity contribution is -0.154. The van der Waals surface area contributed by atoms with Gasteiger partial charge in [0.25, 0.3) is 5.91 Å². The molecule has 0 bridgehead atoms. The van der Waals surface area contributed by atoms with Crippen molar-refractivity contribution in [1.82, 2.24) is 10.3 Å². The lowest BCUT2D eigenvalue weighted by Gasteiger charge is -2.38. The molecule has 7 nitrogen and oxygen atoms in total. The molecule has 1 heterocycles. The molecule has 0 saturated carbocycles. The summed E-state index contributed by atoms with van der Waals surface area (Å²) in [5.41, 5.74) is 4.79. The minimum Gasteiger partial charge on any atom is -0.366 e. The average Bonchev–Trinajstić information content (AvgIpc) is 2.98. The summed E-state index contributed by atoms with van der Waals surface area (Å²) in [6.07, 6.45) is 1.69. The first-order valence-electron chi connectivity index (χ1n) is 13.5. The van der Waals surface area contributed by atoms with E-state index < -0.39 is 6.10 Å². The van der Waals surface area contributed by atoms with Crippen LogP contribution in [0.25, 0.3) is 0 Å². The molecule has 4 rings (SSSR count). The standard InChI is InChI=1S/C17H27N5O2.2C6H5Cl.C2H6/c1-3-4-14(16(20-18)21-19)22-9-10-24-15(17(22)23)11-13-7-5-12(2)6-8-13;2*7-6-4-2-1-3-5-6;1-2/h5-8,14-15H,3-4,9-11,18-19H2,1-2H3,(H,20,21);2*1-5H;1-2H3. The lowest BCUT2D eigenvalue weighted by atomic mass is 10.0. The third kappa shape index (κ3) is 12.8. The van der Waals surface area contributed by atoms with Gasteiger partial charge in [0.2, 0.25) is 0 Å². The highest BCUT2D eigenvalue weighted by molar-refractivity contribution is 6.30. The van der Waals surface area contributed by atoms with Crippen molar-refractivity contribution < 1.29 is 9.53 Å². The van der Waals surface area contributed by atoms with Crippen molar-refractivity contribution in [2.45, 2.75) is 59.1 Å². The largest absolute Gasteiger partial charge is 0.366 e. The highest BCUT2D eigenvalue weighted by Crippen LogP contribution is 2.18. The summed E-state index contributed by atoms with van der Waals surface area (Å²) >= 11 is 11.1. The van der Waals surface area contributed by atoms with Crippen LogP contribution in [0.3, 0.4) is 0 Å². The highest BCUT2D eigenvalue weighted by atomic mass is 35.5. The van der Waals surface area contributed by atoms with Gasteiger partial charge in [0, 0.05) is 23.0 Å². The number of carbonyl (C=O) groups excluding carboxylic acids is 1. The number of rotatable bonds is 6. The van der Waals surface area contributed by atoms with Gasteiger partial charge in [-0.3, -0.25) is 4.79 Å². The minimum absolute atomic E-state index is 0.0447. The third-order valence-electron chi connectivity index (χ3n) is 5.76. The Kier molecular flexibility index (Phi) is 18.1. The second-order valence-electron chi connectivity index (χ2n) is 8.64. The molecular formula is C31H43Cl2N5O2. The highest BCUT2D eigenvalue weighted by Gasteiger charge is 2.35. The lowest BCUT2D eigenvalue weighted by Crippen LogP contribution is -2.58. The fourth-order valence-corrected chi connectivity index (χ4v) is 4.11. The quantitative estimate of drug-likeness (QED) is 0.134. The molecule has 40 heavy (non-hydrogen) atoms. The fraction of sp³-hybridized carbons (Fsp3) is 0.355. The van der Waals surface area contributed by atoms with Gasteiger partial charge in [-0.25, -0.2) is 5.84 Å². The summed E-state index contributed by atoms with van der Waals surface area (Å²) in [7, 11) is 0. The fourth-order valence-electron chi connectivity index (χ4n) is 3.82. The third-order valence-corrected chi connectivity index (χ3v) is 6.26. The Bertz CT molecular complexity index is 1060. The zero-order valence-electron chi connectivity index (χ0n) is 23.9. The van der Waals surface area contributed by atoms with Crippen LogP contribution >= 0.6 is 23.2 Å². The first-order chi connectivity index (χ1) is 19.4. The normalized spacial score (nSPS) is 15.3. The van der Waals surface area contributed by atoms with Crippen LogP contribution in [-0.2, 0) is 16.0 Å². The molecule has 1 aliphatic rings. The molecule has 0 aromatic heterocycles. The Labute approximate surface area is 249 Å². The summed E-state index contributed by atoms with van der Waals surface area (Å²) in [6, 6.07) is 26.8. The summed E-state index contributed by atoms with van der Waals surface area (Å²) in [4.78, 5) is 14.7. The minimum atomic E-state index is -0.488. The number of halogens is 2. The molecule has 9 heteroatoms. The summed E-state index contributed by atoms with van der Waals surface area (Å²) in [6.45, 7) is 9.09. The molecule has 218 valence electrons. The SMILES string of the molecule is CC.CCCC(/C(=N/N)NN)N1CCOC(Cc2ccc(C)cc2)C1=O.Clc1ccccc1.Clc1ccccc1. The molecular weight excluding hydrogens is 545 g/mol. The van der Waals surface area contributed by atoms with E-state index in [4.69, 9.17) is 39.6 Å². The molecule has 0 aliphatic carbocycles. The second-order valence-corrected chi connectivity index (χ2v) is 9.51. The number of benzene rings is 3. The van der Waals surface area contributed by atoms with Crippen LogP contribution in [0.15, 0.2) is 90.0 Å². The van der Waals surface area contributed by atoms with Crippen LogP contribution < -0.4 is 17.1 Å². The smallest absolute Gasteiger partial charge is 0.252 e. The zero-order chi connectivity index (χ0) is 29.8. The molecule has 1 amide bonds. The van der Waals surface area contributed by atoms with Gasteiger partial charge in [-0.15, -0.1) is 0 Å². The number of hydrogen-bond acceptors (Lipinski definition) is 5. The van der Waals surface area contributed by atoms with Crippen molar-refractivity contribution in [3.8, 4) is 0 Å². The van der Waals surface area contributed by atoms with Crippen LogP contribution in [0, 0.1) is 6.92 Å². The van der Waals surface area contributed by atoms with Crippen molar-refractivity contribution in [2.24, 2.45) is 16.8 Å². The van der Waals surface area contributed by atoms with Crippen LogP contribution in [-0.4, -0.2) is 41.9 Å². The first-order valence-corrected chi connectivity index (χ1v) is 14.3. The van der Waals surface area contributed by atoms with E-state index in [1.807, 2.05) is 113 Å². The molecule has 0 radical (unpaired) electrons. The van der Waals surface area contributed by atoms with Gasteiger partial charge in [-0.2, -0.15) is 5.10 Å². The van der Waals surface area contributed by atoms with E-state index in [2.05, 4.69) is 10.5 Å². The molecule has 1 fully saturated rings. The summed E-state index contributed by atoms with van der Waals surface area (Å²) in [5, 5.41) is 5.29. The van der Waals surface area contributed by atoms with Gasteiger partial charge in [-0.1, -0.05) is 117 Å². The van der Waals surface area contributed by atoms with Gasteiger partial charge < -0.3 is 20.9 Å². The van der Waals surface area contributed by atoms with Crippen LogP contribution in [0.1, 0.15) is 44.7 Å². The number of nitrogens with two attached hydrogens (primary N) is 2. The Hall–Kier alpha value is -3.10. The van der Waals surface area contributed by atoms with Gasteiger partial charge in [0.05, 0.1) is 12.6 Å². The maximum absolute atomic E-state index is 12.9. The monoisotopic (exact) mass is 587 g/mol. The van der Waals surface area contributed by atoms with Crippen molar-refractivity contribution in [3.63, 3.8) is 0 Å². The Morgan fingerprint density at radius 2 is 1.52 bits per heavy atom. The molecule has 5 N–H and O–H groups in total. The predicted octanol–water partition coefficient (Wildman–Crippen LogP) is 6.38.